The monoisotopic (exact) mass is 415 g/mol. The van der Waals surface area contributed by atoms with E-state index in [1.54, 1.807) is 6.92 Å². The zero-order valence-corrected chi connectivity index (χ0v) is 15.3. The zero-order valence-electron chi connectivity index (χ0n) is 12.1. The second kappa shape index (κ2) is 8.85. The van der Waals surface area contributed by atoms with Crippen molar-refractivity contribution in [1.82, 2.24) is 20.8 Å². The number of carbonyl (C=O) groups is 2. The molecule has 10 heteroatoms. The number of hydrogen-bond donors (Lipinski definition) is 3. The quantitative estimate of drug-likeness (QED) is 0.627. The minimum atomic E-state index is -0.493. The number of thioether (sulfide) groups is 1. The van der Waals surface area contributed by atoms with Gasteiger partial charge in [-0.2, -0.15) is 0 Å². The average Bonchev–Trinajstić information content (AvgIpc) is 2.93. The molecule has 1 aromatic carbocycles. The fraction of sp³-hybridized carbons (Fsp3) is 0.231. The minimum absolute atomic E-state index is 0.0999. The first-order chi connectivity index (χ1) is 11.1. The summed E-state index contributed by atoms with van der Waals surface area (Å²) in [6, 6.07) is 7.19. The third kappa shape index (κ3) is 6.16. The van der Waals surface area contributed by atoms with Gasteiger partial charge >= 0.3 is 6.03 Å². The van der Waals surface area contributed by atoms with E-state index in [4.69, 9.17) is 0 Å². The molecule has 1 heterocycles. The summed E-state index contributed by atoms with van der Waals surface area (Å²) in [6.07, 6.45) is 0. The Morgan fingerprint density at radius 3 is 2.91 bits per heavy atom. The van der Waals surface area contributed by atoms with Crippen molar-refractivity contribution in [1.29, 1.82) is 0 Å². The molecule has 0 saturated carbocycles. The fourth-order valence-corrected chi connectivity index (χ4v) is 3.47. The maximum absolute atomic E-state index is 11.6. The summed E-state index contributed by atoms with van der Waals surface area (Å²) in [5.41, 5.74) is 0.890. The number of aromatic nitrogens is 2. The van der Waals surface area contributed by atoms with Gasteiger partial charge in [0.25, 0.3) is 0 Å². The fourth-order valence-electron chi connectivity index (χ4n) is 1.50. The molecule has 0 aliphatic carbocycles. The van der Waals surface area contributed by atoms with Gasteiger partial charge in [0.05, 0.1) is 5.75 Å². The van der Waals surface area contributed by atoms with Gasteiger partial charge in [0, 0.05) is 16.7 Å². The summed E-state index contributed by atoms with van der Waals surface area (Å²) in [7, 11) is 0. The number of anilines is 2. The molecule has 0 bridgehead atoms. The van der Waals surface area contributed by atoms with Crippen LogP contribution in [0.5, 0.6) is 0 Å². The number of benzene rings is 1. The molecule has 0 spiro atoms. The van der Waals surface area contributed by atoms with Crippen LogP contribution >= 0.6 is 39.0 Å². The molecule has 3 N–H and O–H groups in total. The minimum Gasteiger partial charge on any atom is -0.338 e. The van der Waals surface area contributed by atoms with Crippen molar-refractivity contribution in [2.75, 3.05) is 17.6 Å². The molecule has 1 aromatic heterocycles. The summed E-state index contributed by atoms with van der Waals surface area (Å²) in [6.45, 7) is 2.24. The van der Waals surface area contributed by atoms with Crippen molar-refractivity contribution >= 4 is 61.8 Å². The maximum atomic E-state index is 11.6. The lowest BCUT2D eigenvalue weighted by molar-refractivity contribution is -0.117. The maximum Gasteiger partial charge on any atom is 0.321 e. The Morgan fingerprint density at radius 1 is 1.35 bits per heavy atom. The Labute approximate surface area is 149 Å². The molecule has 0 saturated heterocycles. The first-order valence-corrected chi connectivity index (χ1v) is 9.23. The third-order valence-corrected chi connectivity index (χ3v) is 4.86. The lowest BCUT2D eigenvalue weighted by Crippen LogP contribution is -2.40. The molecule has 2 rings (SSSR count). The molecule has 2 aromatic rings. The number of urea groups is 1. The number of nitrogens with zero attached hydrogens (tertiary/aromatic N) is 2. The SMILES string of the molecule is CCNC(=O)NC(=O)CSc1nnc(Nc2cccc(Br)c2)s1. The van der Waals surface area contributed by atoms with Gasteiger partial charge < -0.3 is 10.6 Å². The Bertz CT molecular complexity index is 695. The van der Waals surface area contributed by atoms with Crippen molar-refractivity contribution in [3.8, 4) is 0 Å². The van der Waals surface area contributed by atoms with Gasteiger partial charge in [0.1, 0.15) is 0 Å². The van der Waals surface area contributed by atoms with Crippen LogP contribution < -0.4 is 16.0 Å². The van der Waals surface area contributed by atoms with E-state index in [2.05, 4.69) is 42.1 Å². The van der Waals surface area contributed by atoms with Crippen LogP contribution in [0.25, 0.3) is 0 Å². The van der Waals surface area contributed by atoms with Gasteiger partial charge in [-0.3, -0.25) is 10.1 Å². The van der Waals surface area contributed by atoms with Gasteiger partial charge in [0.15, 0.2) is 4.34 Å². The standard InChI is InChI=1S/C13H14BrN5O2S2/c1-2-15-11(21)17-10(20)7-22-13-19-18-12(23-13)16-9-5-3-4-8(14)6-9/h3-6H,2,7H2,1H3,(H,16,18)(H2,15,17,20,21). The van der Waals surface area contributed by atoms with Crippen molar-refractivity contribution in [2.45, 2.75) is 11.3 Å². The van der Waals surface area contributed by atoms with Crippen LogP contribution in [0.2, 0.25) is 0 Å². The summed E-state index contributed by atoms with van der Waals surface area (Å²) >= 11 is 5.96. The van der Waals surface area contributed by atoms with Gasteiger partial charge in [-0.15, -0.1) is 10.2 Å². The molecule has 7 nitrogen and oxygen atoms in total. The van der Waals surface area contributed by atoms with Crippen molar-refractivity contribution in [3.05, 3.63) is 28.7 Å². The van der Waals surface area contributed by atoms with Gasteiger partial charge in [-0.25, -0.2) is 4.79 Å². The zero-order chi connectivity index (χ0) is 16.7. The van der Waals surface area contributed by atoms with Crippen molar-refractivity contribution < 1.29 is 9.59 Å². The highest BCUT2D eigenvalue weighted by atomic mass is 79.9. The Hall–Kier alpha value is -1.65. The molecular weight excluding hydrogens is 402 g/mol. The highest BCUT2D eigenvalue weighted by molar-refractivity contribution is 9.10. The largest absolute Gasteiger partial charge is 0.338 e. The van der Waals surface area contributed by atoms with Gasteiger partial charge in [-0.05, 0) is 25.1 Å². The van der Waals surface area contributed by atoms with Crippen LogP contribution in [0.4, 0.5) is 15.6 Å². The number of amides is 3. The molecule has 3 amide bonds. The van der Waals surface area contributed by atoms with E-state index in [0.717, 1.165) is 10.2 Å². The smallest absolute Gasteiger partial charge is 0.321 e. The van der Waals surface area contributed by atoms with Crippen LogP contribution in [0.1, 0.15) is 6.92 Å². The van der Waals surface area contributed by atoms with E-state index in [-0.39, 0.29) is 11.7 Å². The molecular formula is C13H14BrN5O2S2. The number of nitrogens with one attached hydrogen (secondary N) is 3. The third-order valence-electron chi connectivity index (χ3n) is 2.40. The summed E-state index contributed by atoms with van der Waals surface area (Å²) in [5, 5.41) is 16.5. The van der Waals surface area contributed by atoms with E-state index >= 15 is 0 Å². The second-order valence-corrected chi connectivity index (χ2v) is 7.32. The number of imide groups is 1. The molecule has 23 heavy (non-hydrogen) atoms. The molecule has 0 unspecified atom stereocenters. The highest BCUT2D eigenvalue weighted by Crippen LogP contribution is 2.28. The topological polar surface area (TPSA) is 96.0 Å². The van der Waals surface area contributed by atoms with Crippen LogP contribution in [0.3, 0.4) is 0 Å². The van der Waals surface area contributed by atoms with Gasteiger partial charge in [0.2, 0.25) is 11.0 Å². The van der Waals surface area contributed by atoms with Crippen LogP contribution in [0, 0.1) is 0 Å². The summed E-state index contributed by atoms with van der Waals surface area (Å²) < 4.78 is 1.61. The van der Waals surface area contributed by atoms with Crippen LogP contribution in [-0.2, 0) is 4.79 Å². The first kappa shape index (κ1) is 17.7. The number of rotatable bonds is 6. The molecule has 0 atom stereocenters. The summed E-state index contributed by atoms with van der Waals surface area (Å²) in [4.78, 5) is 22.8. The first-order valence-electron chi connectivity index (χ1n) is 6.63. The normalized spacial score (nSPS) is 10.2. The van der Waals surface area contributed by atoms with E-state index < -0.39 is 6.03 Å². The van der Waals surface area contributed by atoms with Crippen LogP contribution in [0.15, 0.2) is 33.1 Å². The number of halogens is 1. The van der Waals surface area contributed by atoms with E-state index in [0.29, 0.717) is 16.0 Å². The Balaban J connectivity index is 1.83. The Morgan fingerprint density at radius 2 is 2.17 bits per heavy atom. The molecule has 122 valence electrons. The highest BCUT2D eigenvalue weighted by Gasteiger charge is 2.10. The second-order valence-electron chi connectivity index (χ2n) is 4.20. The van der Waals surface area contributed by atoms with Crippen molar-refractivity contribution in [3.63, 3.8) is 0 Å². The van der Waals surface area contributed by atoms with E-state index in [1.165, 1.54) is 23.1 Å². The van der Waals surface area contributed by atoms with E-state index in [1.807, 2.05) is 24.3 Å². The van der Waals surface area contributed by atoms with Crippen LogP contribution in [-0.4, -0.2) is 34.4 Å². The Kier molecular flexibility index (Phi) is 6.81. The molecule has 0 radical (unpaired) electrons. The van der Waals surface area contributed by atoms with Crippen molar-refractivity contribution in [2.24, 2.45) is 0 Å². The molecule has 0 aliphatic heterocycles. The predicted octanol–water partition coefficient (Wildman–Crippen LogP) is 2.98. The number of carbonyl (C=O) groups excluding carboxylic acids is 2. The van der Waals surface area contributed by atoms with Gasteiger partial charge in [-0.1, -0.05) is 45.1 Å². The van der Waals surface area contributed by atoms with E-state index in [9.17, 15) is 9.59 Å². The average molecular weight is 416 g/mol. The number of hydrogen-bond acceptors (Lipinski definition) is 7. The molecule has 0 aliphatic rings. The predicted molar refractivity (Wildman–Crippen MR) is 95.3 cm³/mol. The lowest BCUT2D eigenvalue weighted by atomic mass is 10.3. The summed E-state index contributed by atoms with van der Waals surface area (Å²) in [5.74, 6) is -0.277. The molecule has 0 fully saturated rings. The lowest BCUT2D eigenvalue weighted by Gasteiger charge is -2.03.